The third-order valence-corrected chi connectivity index (χ3v) is 6.59. The largest absolute Gasteiger partial charge is 0.489 e. The van der Waals surface area contributed by atoms with Gasteiger partial charge in [0, 0.05) is 30.5 Å². The zero-order chi connectivity index (χ0) is 20.8. The minimum Gasteiger partial charge on any atom is -0.489 e. The topological polar surface area (TPSA) is 79.0 Å². The van der Waals surface area contributed by atoms with Crippen LogP contribution in [0, 0.1) is 5.41 Å². The maximum atomic E-state index is 12.8. The van der Waals surface area contributed by atoms with Crippen LogP contribution in [0.1, 0.15) is 56.0 Å². The summed E-state index contributed by atoms with van der Waals surface area (Å²) in [5.74, 6) is -0.0567. The Labute approximate surface area is 171 Å². The van der Waals surface area contributed by atoms with Gasteiger partial charge in [-0.15, -0.1) is 0 Å². The molecule has 7 heteroatoms. The summed E-state index contributed by atoms with van der Waals surface area (Å²) < 4.78 is 6.38. The van der Waals surface area contributed by atoms with Crippen LogP contribution in [-0.4, -0.2) is 59.3 Å². The number of nitrogens with zero attached hydrogens (tertiary/aromatic N) is 2. The van der Waals surface area contributed by atoms with Gasteiger partial charge in [0.1, 0.15) is 17.9 Å². The van der Waals surface area contributed by atoms with Gasteiger partial charge in [-0.25, -0.2) is 0 Å². The summed E-state index contributed by atoms with van der Waals surface area (Å²) >= 11 is 0. The molecule has 1 N–H and O–H groups in total. The fourth-order valence-corrected chi connectivity index (χ4v) is 4.45. The molecule has 0 aromatic heterocycles. The lowest BCUT2D eigenvalue weighted by Gasteiger charge is -2.43. The molecule has 1 aromatic rings. The summed E-state index contributed by atoms with van der Waals surface area (Å²) in [5, 5.41) is 2.34. The highest BCUT2D eigenvalue weighted by molar-refractivity contribution is 6.05. The van der Waals surface area contributed by atoms with Gasteiger partial charge in [-0.05, 0) is 49.7 Å². The Balaban J connectivity index is 1.50. The van der Waals surface area contributed by atoms with E-state index in [0.717, 1.165) is 37.4 Å². The number of carbonyl (C=O) groups is 3. The lowest BCUT2D eigenvalue weighted by atomic mass is 9.80. The monoisotopic (exact) mass is 399 g/mol. The third kappa shape index (κ3) is 3.75. The first-order valence-electron chi connectivity index (χ1n) is 10.4. The number of hydrogen-bond acceptors (Lipinski definition) is 5. The van der Waals surface area contributed by atoms with Gasteiger partial charge in [0.25, 0.3) is 5.91 Å². The number of hydrogen-bond donors (Lipinski definition) is 1. The van der Waals surface area contributed by atoms with Crippen molar-refractivity contribution in [1.29, 1.82) is 0 Å². The van der Waals surface area contributed by atoms with Crippen molar-refractivity contribution in [2.24, 2.45) is 5.41 Å². The van der Waals surface area contributed by atoms with Crippen molar-refractivity contribution in [2.45, 2.75) is 58.7 Å². The molecular weight excluding hydrogens is 370 g/mol. The number of piperidine rings is 2. The molecule has 0 spiro atoms. The van der Waals surface area contributed by atoms with Crippen LogP contribution in [0.5, 0.6) is 5.75 Å². The molecule has 0 bridgehead atoms. The van der Waals surface area contributed by atoms with Crippen LogP contribution in [-0.2, 0) is 16.1 Å². The Morgan fingerprint density at radius 3 is 2.76 bits per heavy atom. The van der Waals surface area contributed by atoms with E-state index in [1.165, 1.54) is 0 Å². The van der Waals surface area contributed by atoms with Crippen LogP contribution in [0.2, 0.25) is 0 Å². The summed E-state index contributed by atoms with van der Waals surface area (Å²) in [7, 11) is 0. The van der Waals surface area contributed by atoms with Gasteiger partial charge in [-0.1, -0.05) is 20.8 Å². The van der Waals surface area contributed by atoms with E-state index in [1.54, 1.807) is 11.0 Å². The minimum atomic E-state index is -0.590. The number of imide groups is 1. The number of fused-ring (bicyclic) bond motifs is 1. The zero-order valence-electron chi connectivity index (χ0n) is 17.4. The molecule has 1 aromatic carbocycles. The van der Waals surface area contributed by atoms with Gasteiger partial charge in [0.15, 0.2) is 0 Å². The van der Waals surface area contributed by atoms with Crippen LogP contribution in [0.3, 0.4) is 0 Å². The lowest BCUT2D eigenvalue weighted by Crippen LogP contribution is -2.52. The number of benzene rings is 1. The molecule has 2 saturated heterocycles. The van der Waals surface area contributed by atoms with Gasteiger partial charge in [0.2, 0.25) is 11.8 Å². The van der Waals surface area contributed by atoms with Crippen LogP contribution in [0.4, 0.5) is 0 Å². The molecular formula is C22H29N3O4. The molecule has 7 nitrogen and oxygen atoms in total. The predicted molar refractivity (Wildman–Crippen MR) is 107 cm³/mol. The minimum absolute atomic E-state index is 0.0811. The van der Waals surface area contributed by atoms with Crippen LogP contribution in [0.25, 0.3) is 0 Å². The van der Waals surface area contributed by atoms with E-state index in [2.05, 4.69) is 31.0 Å². The quantitative estimate of drug-likeness (QED) is 0.783. The Kier molecular flexibility index (Phi) is 5.11. The van der Waals surface area contributed by atoms with Crippen LogP contribution in [0.15, 0.2) is 18.2 Å². The van der Waals surface area contributed by atoms with E-state index < -0.39 is 6.04 Å². The standard InChI is InChI=1S/C22H29N3O4/c1-4-24-10-9-22(2,3)18(13-24)29-15-5-6-16-14(11-15)12-25(21(16)28)17-7-8-19(26)23-20(17)27/h5-6,11,17-18H,4,7-10,12-13H2,1-3H3,(H,23,26,27). The maximum absolute atomic E-state index is 12.8. The van der Waals surface area contributed by atoms with Crippen molar-refractivity contribution in [2.75, 3.05) is 19.6 Å². The van der Waals surface area contributed by atoms with Crippen molar-refractivity contribution in [3.63, 3.8) is 0 Å². The van der Waals surface area contributed by atoms with Gasteiger partial charge >= 0.3 is 0 Å². The van der Waals surface area contributed by atoms with E-state index >= 15 is 0 Å². The third-order valence-electron chi connectivity index (χ3n) is 6.59. The number of rotatable bonds is 4. The second kappa shape index (κ2) is 7.44. The number of ether oxygens (including phenoxy) is 1. The number of carbonyl (C=O) groups excluding carboxylic acids is 3. The normalized spacial score (nSPS) is 27.0. The second-order valence-electron chi connectivity index (χ2n) is 8.96. The highest BCUT2D eigenvalue weighted by Crippen LogP contribution is 2.35. The fraction of sp³-hybridized carbons (Fsp3) is 0.591. The first-order chi connectivity index (χ1) is 13.8. The van der Waals surface area contributed by atoms with Gasteiger partial charge in [0.05, 0.1) is 0 Å². The molecule has 29 heavy (non-hydrogen) atoms. The Morgan fingerprint density at radius 1 is 1.24 bits per heavy atom. The van der Waals surface area contributed by atoms with Crippen molar-refractivity contribution >= 4 is 17.7 Å². The highest BCUT2D eigenvalue weighted by atomic mass is 16.5. The summed E-state index contributed by atoms with van der Waals surface area (Å²) in [6.45, 7) is 10.0. The SMILES string of the molecule is CCN1CCC(C)(C)C(Oc2ccc3c(c2)CN(C2CCC(=O)NC2=O)C3=O)C1. The number of likely N-dealkylation sites (N-methyl/N-ethyl adjacent to an activating group) is 1. The van der Waals surface area contributed by atoms with Crippen molar-refractivity contribution in [3.05, 3.63) is 29.3 Å². The van der Waals surface area contributed by atoms with E-state index in [-0.39, 0.29) is 35.7 Å². The molecule has 3 aliphatic heterocycles. The molecule has 156 valence electrons. The van der Waals surface area contributed by atoms with Crippen molar-refractivity contribution in [1.82, 2.24) is 15.1 Å². The average molecular weight is 399 g/mol. The molecule has 3 amide bonds. The summed E-state index contributed by atoms with van der Waals surface area (Å²) in [5.41, 5.74) is 1.57. The predicted octanol–water partition coefficient (Wildman–Crippen LogP) is 1.95. The van der Waals surface area contributed by atoms with Crippen molar-refractivity contribution < 1.29 is 19.1 Å². The summed E-state index contributed by atoms with van der Waals surface area (Å²) in [4.78, 5) is 40.4. The van der Waals surface area contributed by atoms with E-state index in [9.17, 15) is 14.4 Å². The van der Waals surface area contributed by atoms with Crippen LogP contribution >= 0.6 is 0 Å². The summed E-state index contributed by atoms with van der Waals surface area (Å²) in [6, 6.07) is 4.99. The molecule has 0 saturated carbocycles. The summed E-state index contributed by atoms with van der Waals surface area (Å²) in [6.07, 6.45) is 1.79. The van der Waals surface area contributed by atoms with E-state index in [0.29, 0.717) is 18.5 Å². The van der Waals surface area contributed by atoms with E-state index in [1.807, 2.05) is 12.1 Å². The molecule has 0 aliphatic carbocycles. The molecule has 0 radical (unpaired) electrons. The van der Waals surface area contributed by atoms with Crippen LogP contribution < -0.4 is 10.1 Å². The average Bonchev–Trinajstić information content (AvgIpc) is 2.99. The van der Waals surface area contributed by atoms with Gasteiger partial charge in [-0.2, -0.15) is 0 Å². The first-order valence-corrected chi connectivity index (χ1v) is 10.4. The smallest absolute Gasteiger partial charge is 0.255 e. The van der Waals surface area contributed by atoms with Crippen molar-refractivity contribution in [3.8, 4) is 5.75 Å². The Morgan fingerprint density at radius 2 is 2.03 bits per heavy atom. The fourth-order valence-electron chi connectivity index (χ4n) is 4.45. The molecule has 2 fully saturated rings. The molecule has 3 aliphatic rings. The van der Waals surface area contributed by atoms with Gasteiger partial charge < -0.3 is 9.64 Å². The number of nitrogens with one attached hydrogen (secondary N) is 1. The molecule has 2 atom stereocenters. The number of likely N-dealkylation sites (tertiary alicyclic amines) is 1. The highest BCUT2D eigenvalue weighted by Gasteiger charge is 2.40. The lowest BCUT2D eigenvalue weighted by molar-refractivity contribution is -0.136. The van der Waals surface area contributed by atoms with E-state index in [4.69, 9.17) is 4.74 Å². The Hall–Kier alpha value is -2.41. The second-order valence-corrected chi connectivity index (χ2v) is 8.96. The van der Waals surface area contributed by atoms with Gasteiger partial charge in [-0.3, -0.25) is 24.6 Å². The molecule has 3 heterocycles. The molecule has 2 unspecified atom stereocenters. The number of amides is 3. The zero-order valence-corrected chi connectivity index (χ0v) is 17.4. The first kappa shape index (κ1) is 19.9. The Bertz CT molecular complexity index is 850. The maximum Gasteiger partial charge on any atom is 0.255 e. The molecule has 4 rings (SSSR count).